The Morgan fingerprint density at radius 2 is 2.04 bits per heavy atom. The van der Waals surface area contributed by atoms with Crippen molar-refractivity contribution >= 4 is 40.1 Å². The molecule has 1 aromatic heterocycles. The minimum Gasteiger partial charge on any atom is -0.495 e. The molecule has 1 aliphatic heterocycles. The molecule has 1 aliphatic rings. The number of aromatic nitrogens is 1. The van der Waals surface area contributed by atoms with Gasteiger partial charge in [-0.2, -0.15) is 0 Å². The van der Waals surface area contributed by atoms with Gasteiger partial charge in [0, 0.05) is 33.6 Å². The minimum atomic E-state index is -0.905. The summed E-state index contributed by atoms with van der Waals surface area (Å²) in [7, 11) is 1.53. The third kappa shape index (κ3) is 2.72. The van der Waals surface area contributed by atoms with Crippen LogP contribution in [0.25, 0.3) is 10.9 Å². The fourth-order valence-electron chi connectivity index (χ4n) is 3.65. The highest BCUT2D eigenvalue weighted by molar-refractivity contribution is 6.35. The molecule has 2 unspecified atom stereocenters. The van der Waals surface area contributed by atoms with Gasteiger partial charge in [0.1, 0.15) is 11.8 Å². The highest BCUT2D eigenvalue weighted by Gasteiger charge is 2.35. The highest BCUT2D eigenvalue weighted by Crippen LogP contribution is 2.42. The SMILES string of the molecule is COc1c(Cl)cc(Cl)cc1C1NC(C(=O)O)Cc2c1[nH]c1ccccc21. The summed E-state index contributed by atoms with van der Waals surface area (Å²) < 4.78 is 5.48. The predicted molar refractivity (Wildman–Crippen MR) is 101 cm³/mol. The molecule has 0 saturated carbocycles. The smallest absolute Gasteiger partial charge is 0.321 e. The lowest BCUT2D eigenvalue weighted by atomic mass is 9.90. The molecule has 0 bridgehead atoms. The number of carboxylic acids is 1. The minimum absolute atomic E-state index is 0.381. The summed E-state index contributed by atoms with van der Waals surface area (Å²) in [4.78, 5) is 15.1. The Bertz CT molecular complexity index is 1020. The van der Waals surface area contributed by atoms with Gasteiger partial charge < -0.3 is 14.8 Å². The fourth-order valence-corrected chi connectivity index (χ4v) is 4.24. The van der Waals surface area contributed by atoms with Crippen molar-refractivity contribution in [2.45, 2.75) is 18.5 Å². The summed E-state index contributed by atoms with van der Waals surface area (Å²) in [6.07, 6.45) is 0.391. The highest BCUT2D eigenvalue weighted by atomic mass is 35.5. The van der Waals surface area contributed by atoms with E-state index in [9.17, 15) is 9.90 Å². The number of hydrogen-bond donors (Lipinski definition) is 3. The lowest BCUT2D eigenvalue weighted by Gasteiger charge is -2.30. The summed E-state index contributed by atoms with van der Waals surface area (Å²) >= 11 is 12.5. The molecule has 0 spiro atoms. The molecule has 134 valence electrons. The molecule has 0 saturated heterocycles. The molecule has 0 aliphatic carbocycles. The van der Waals surface area contributed by atoms with Crippen molar-refractivity contribution in [2.24, 2.45) is 0 Å². The fraction of sp³-hybridized carbons (Fsp3) is 0.211. The number of aliphatic carboxylic acids is 1. The number of H-pyrrole nitrogens is 1. The predicted octanol–water partition coefficient (Wildman–Crippen LogP) is 4.17. The molecule has 4 rings (SSSR count). The zero-order valence-corrected chi connectivity index (χ0v) is 15.4. The van der Waals surface area contributed by atoms with E-state index < -0.39 is 18.1 Å². The van der Waals surface area contributed by atoms with E-state index in [0.717, 1.165) is 22.2 Å². The zero-order valence-electron chi connectivity index (χ0n) is 13.8. The first-order valence-corrected chi connectivity index (χ1v) is 8.86. The number of fused-ring (bicyclic) bond motifs is 3. The number of carbonyl (C=O) groups is 1. The number of aromatic amines is 1. The van der Waals surface area contributed by atoms with Crippen molar-refractivity contribution < 1.29 is 14.6 Å². The first kappa shape index (κ1) is 17.2. The molecule has 3 aromatic rings. The molecule has 2 heterocycles. The number of nitrogens with one attached hydrogen (secondary N) is 2. The number of benzene rings is 2. The number of halogens is 2. The van der Waals surface area contributed by atoms with Crippen molar-refractivity contribution in [3.05, 3.63) is 63.3 Å². The van der Waals surface area contributed by atoms with Gasteiger partial charge in [-0.15, -0.1) is 0 Å². The maximum Gasteiger partial charge on any atom is 0.321 e. The first-order chi connectivity index (χ1) is 12.5. The van der Waals surface area contributed by atoms with Crippen molar-refractivity contribution in [2.75, 3.05) is 7.11 Å². The van der Waals surface area contributed by atoms with Gasteiger partial charge in [0.15, 0.2) is 0 Å². The zero-order chi connectivity index (χ0) is 18.4. The van der Waals surface area contributed by atoms with E-state index in [1.54, 1.807) is 12.1 Å². The van der Waals surface area contributed by atoms with E-state index in [1.165, 1.54) is 7.11 Å². The van der Waals surface area contributed by atoms with Crippen LogP contribution in [-0.4, -0.2) is 29.2 Å². The lowest BCUT2D eigenvalue weighted by Crippen LogP contribution is -2.45. The van der Waals surface area contributed by atoms with Crippen molar-refractivity contribution in [3.63, 3.8) is 0 Å². The van der Waals surface area contributed by atoms with Crippen LogP contribution in [0.1, 0.15) is 22.9 Å². The second-order valence-electron chi connectivity index (χ2n) is 6.27. The largest absolute Gasteiger partial charge is 0.495 e. The molecule has 5 nitrogen and oxygen atoms in total. The molecule has 26 heavy (non-hydrogen) atoms. The van der Waals surface area contributed by atoms with E-state index in [1.807, 2.05) is 24.3 Å². The monoisotopic (exact) mass is 390 g/mol. The third-order valence-electron chi connectivity index (χ3n) is 4.76. The number of para-hydroxylation sites is 1. The van der Waals surface area contributed by atoms with Gasteiger partial charge >= 0.3 is 5.97 Å². The van der Waals surface area contributed by atoms with Crippen LogP contribution >= 0.6 is 23.2 Å². The summed E-state index contributed by atoms with van der Waals surface area (Å²) in [5, 5.41) is 14.7. The Kier molecular flexibility index (Phi) is 4.31. The van der Waals surface area contributed by atoms with E-state index in [2.05, 4.69) is 10.3 Å². The number of rotatable bonds is 3. The standard InChI is InChI=1S/C19H16Cl2N2O3/c1-26-18-12(6-9(20)7-13(18)21)17-16-11(8-15(23-17)19(24)25)10-4-2-3-5-14(10)22-16/h2-7,15,17,22-23H,8H2,1H3,(H,24,25). The maximum atomic E-state index is 11.7. The molecule has 0 radical (unpaired) electrons. The molecule has 2 atom stereocenters. The third-order valence-corrected chi connectivity index (χ3v) is 5.26. The van der Waals surface area contributed by atoms with Crippen LogP contribution in [0.2, 0.25) is 10.0 Å². The van der Waals surface area contributed by atoms with Crippen LogP contribution in [0.3, 0.4) is 0 Å². The average Bonchev–Trinajstić information content (AvgIpc) is 2.99. The van der Waals surface area contributed by atoms with Crippen LogP contribution in [-0.2, 0) is 11.2 Å². The molecule has 7 heteroatoms. The Hall–Kier alpha value is -2.21. The van der Waals surface area contributed by atoms with Crippen LogP contribution in [0.4, 0.5) is 0 Å². The quantitative estimate of drug-likeness (QED) is 0.627. The Morgan fingerprint density at radius 1 is 1.27 bits per heavy atom. The Labute approximate surface area is 159 Å². The summed E-state index contributed by atoms with van der Waals surface area (Å²) in [6.45, 7) is 0. The lowest BCUT2D eigenvalue weighted by molar-refractivity contribution is -0.139. The van der Waals surface area contributed by atoms with Gasteiger partial charge in [0.2, 0.25) is 0 Å². The van der Waals surface area contributed by atoms with Gasteiger partial charge in [0.05, 0.1) is 18.2 Å². The van der Waals surface area contributed by atoms with E-state index >= 15 is 0 Å². The second-order valence-corrected chi connectivity index (χ2v) is 7.11. The number of methoxy groups -OCH3 is 1. The van der Waals surface area contributed by atoms with Gasteiger partial charge in [-0.1, -0.05) is 41.4 Å². The Balaban J connectivity index is 1.96. The second kappa shape index (κ2) is 6.50. The van der Waals surface area contributed by atoms with E-state index in [4.69, 9.17) is 27.9 Å². The average molecular weight is 391 g/mol. The number of ether oxygens (including phenoxy) is 1. The van der Waals surface area contributed by atoms with Crippen LogP contribution < -0.4 is 10.1 Å². The number of carboxylic acid groups (broad SMARTS) is 1. The van der Waals surface area contributed by atoms with Gasteiger partial charge in [0.25, 0.3) is 0 Å². The number of hydrogen-bond acceptors (Lipinski definition) is 3. The normalized spacial score (nSPS) is 19.3. The van der Waals surface area contributed by atoms with Crippen LogP contribution in [0.15, 0.2) is 36.4 Å². The van der Waals surface area contributed by atoms with Crippen LogP contribution in [0.5, 0.6) is 5.75 Å². The maximum absolute atomic E-state index is 11.7. The summed E-state index contributed by atoms with van der Waals surface area (Å²) in [6, 6.07) is 10.1. The van der Waals surface area contributed by atoms with E-state index in [0.29, 0.717) is 27.8 Å². The first-order valence-electron chi connectivity index (χ1n) is 8.11. The topological polar surface area (TPSA) is 74.3 Å². The summed E-state index contributed by atoms with van der Waals surface area (Å²) in [5.74, 6) is -0.428. The molecule has 0 fully saturated rings. The van der Waals surface area contributed by atoms with Crippen molar-refractivity contribution in [3.8, 4) is 5.75 Å². The molecule has 2 aromatic carbocycles. The molecular weight excluding hydrogens is 375 g/mol. The molecule has 0 amide bonds. The van der Waals surface area contributed by atoms with Crippen molar-refractivity contribution in [1.29, 1.82) is 0 Å². The van der Waals surface area contributed by atoms with Crippen LogP contribution in [0, 0.1) is 0 Å². The Morgan fingerprint density at radius 3 is 2.77 bits per heavy atom. The van der Waals surface area contributed by atoms with Gasteiger partial charge in [-0.05, 0) is 23.8 Å². The summed E-state index contributed by atoms with van der Waals surface area (Å²) in [5.41, 5.74) is 3.54. The van der Waals surface area contributed by atoms with Crippen molar-refractivity contribution in [1.82, 2.24) is 10.3 Å². The molecule has 3 N–H and O–H groups in total. The van der Waals surface area contributed by atoms with E-state index in [-0.39, 0.29) is 0 Å². The molecular formula is C19H16Cl2N2O3. The van der Waals surface area contributed by atoms with Gasteiger partial charge in [-0.25, -0.2) is 0 Å². The van der Waals surface area contributed by atoms with Gasteiger partial charge in [-0.3, -0.25) is 10.1 Å².